The Morgan fingerprint density at radius 2 is 2.16 bits per heavy atom. The van der Waals surface area contributed by atoms with Crippen molar-refractivity contribution in [1.29, 1.82) is 0 Å². The molecule has 0 bridgehead atoms. The summed E-state index contributed by atoms with van der Waals surface area (Å²) in [4.78, 5) is 15.5. The number of fused-ring (bicyclic) bond motifs is 4. The predicted molar refractivity (Wildman–Crippen MR) is 94.6 cm³/mol. The lowest BCUT2D eigenvalue weighted by Crippen LogP contribution is -2.32. The van der Waals surface area contributed by atoms with Crippen LogP contribution in [0.2, 0.25) is 0 Å². The van der Waals surface area contributed by atoms with Crippen LogP contribution in [0.5, 0.6) is 0 Å². The number of furan rings is 1. The van der Waals surface area contributed by atoms with Gasteiger partial charge >= 0.3 is 0 Å². The molecule has 0 saturated carbocycles. The topological polar surface area (TPSA) is 84.5 Å². The lowest BCUT2D eigenvalue weighted by Gasteiger charge is -2.30. The van der Waals surface area contributed by atoms with Gasteiger partial charge in [0, 0.05) is 25.1 Å². The van der Waals surface area contributed by atoms with E-state index in [4.69, 9.17) is 14.1 Å². The predicted octanol–water partition coefficient (Wildman–Crippen LogP) is 2.44. The summed E-state index contributed by atoms with van der Waals surface area (Å²) in [6.07, 6.45) is 2.28. The van der Waals surface area contributed by atoms with Crippen LogP contribution in [0.15, 0.2) is 16.8 Å². The number of ether oxygens (including phenoxy) is 1. The van der Waals surface area contributed by atoms with E-state index in [2.05, 4.69) is 29.9 Å². The lowest BCUT2D eigenvalue weighted by atomic mass is 9.95. The molecule has 0 aliphatic carbocycles. The first-order valence-electron chi connectivity index (χ1n) is 8.58. The van der Waals surface area contributed by atoms with E-state index in [0.717, 1.165) is 35.1 Å². The van der Waals surface area contributed by atoms with Gasteiger partial charge in [-0.2, -0.15) is 0 Å². The Morgan fingerprint density at radius 1 is 1.32 bits per heavy atom. The average Bonchev–Trinajstić information content (AvgIpc) is 2.94. The number of anilines is 1. The van der Waals surface area contributed by atoms with Crippen molar-refractivity contribution in [3.63, 3.8) is 0 Å². The van der Waals surface area contributed by atoms with E-state index in [1.165, 1.54) is 6.33 Å². The fourth-order valence-electron chi connectivity index (χ4n) is 3.33. The molecule has 3 aromatic heterocycles. The third kappa shape index (κ3) is 2.73. The van der Waals surface area contributed by atoms with Gasteiger partial charge in [0.05, 0.1) is 29.9 Å². The van der Waals surface area contributed by atoms with Gasteiger partial charge in [0.25, 0.3) is 0 Å². The Hall–Kier alpha value is -2.25. The lowest BCUT2D eigenvalue weighted by molar-refractivity contribution is -0.0411. The summed E-state index contributed by atoms with van der Waals surface area (Å²) in [5.74, 6) is 0.689. The molecule has 1 aliphatic rings. The van der Waals surface area contributed by atoms with Gasteiger partial charge < -0.3 is 19.2 Å². The number of likely N-dealkylation sites (N-methyl/N-ethyl adjacent to an activating group) is 1. The van der Waals surface area contributed by atoms with Gasteiger partial charge in [0.2, 0.25) is 5.71 Å². The summed E-state index contributed by atoms with van der Waals surface area (Å²) in [6.45, 7) is 7.96. The summed E-state index contributed by atoms with van der Waals surface area (Å²) in [5, 5.41) is 10.2. The Balaban J connectivity index is 1.90. The van der Waals surface area contributed by atoms with Crippen molar-refractivity contribution in [1.82, 2.24) is 15.0 Å². The molecule has 0 fully saturated rings. The van der Waals surface area contributed by atoms with Gasteiger partial charge in [-0.15, -0.1) is 0 Å². The minimum absolute atomic E-state index is 0.0541. The molecule has 0 saturated heterocycles. The first-order valence-corrected chi connectivity index (χ1v) is 8.58. The van der Waals surface area contributed by atoms with Crippen LogP contribution in [0.4, 0.5) is 5.82 Å². The molecule has 0 radical (unpaired) electrons. The highest BCUT2D eigenvalue weighted by atomic mass is 16.5. The number of aliphatic hydroxyl groups excluding tert-OH is 1. The zero-order chi connectivity index (χ0) is 17.6. The highest BCUT2D eigenvalue weighted by Crippen LogP contribution is 2.35. The number of nitrogens with zero attached hydrogens (tertiary/aromatic N) is 4. The third-order valence-corrected chi connectivity index (χ3v) is 4.66. The zero-order valence-corrected chi connectivity index (χ0v) is 14.7. The molecule has 0 aromatic carbocycles. The number of hydrogen-bond acceptors (Lipinski definition) is 7. The molecule has 1 N–H and O–H groups in total. The van der Waals surface area contributed by atoms with Crippen LogP contribution in [-0.2, 0) is 17.8 Å². The summed E-state index contributed by atoms with van der Waals surface area (Å²) in [6, 6.07) is 2.07. The molecule has 7 heteroatoms. The highest BCUT2D eigenvalue weighted by Gasteiger charge is 2.28. The van der Waals surface area contributed by atoms with E-state index in [0.29, 0.717) is 30.3 Å². The second-order valence-electron chi connectivity index (χ2n) is 6.95. The molecule has 25 heavy (non-hydrogen) atoms. The molecule has 7 nitrogen and oxygen atoms in total. The monoisotopic (exact) mass is 342 g/mol. The zero-order valence-electron chi connectivity index (χ0n) is 14.7. The van der Waals surface area contributed by atoms with E-state index < -0.39 is 0 Å². The van der Waals surface area contributed by atoms with E-state index in [9.17, 15) is 5.11 Å². The SMILES string of the molecule is CCN(CCO)c1ncnc2c1oc1nc3c(cc12)COC(C)(C)C3. The van der Waals surface area contributed by atoms with Crippen molar-refractivity contribution in [2.24, 2.45) is 0 Å². The summed E-state index contributed by atoms with van der Waals surface area (Å²) in [5.41, 5.74) is 3.81. The number of aliphatic hydroxyl groups is 1. The maximum atomic E-state index is 9.29. The summed E-state index contributed by atoms with van der Waals surface area (Å²) in [7, 11) is 0. The second-order valence-corrected chi connectivity index (χ2v) is 6.95. The van der Waals surface area contributed by atoms with Gasteiger partial charge in [-0.25, -0.2) is 15.0 Å². The van der Waals surface area contributed by atoms with Crippen molar-refractivity contribution in [3.8, 4) is 0 Å². The quantitative estimate of drug-likeness (QED) is 0.779. The Bertz CT molecular complexity index is 935. The van der Waals surface area contributed by atoms with Gasteiger partial charge in [0.1, 0.15) is 11.8 Å². The van der Waals surface area contributed by atoms with Crippen molar-refractivity contribution in [3.05, 3.63) is 23.7 Å². The fourth-order valence-corrected chi connectivity index (χ4v) is 3.33. The van der Waals surface area contributed by atoms with Crippen molar-refractivity contribution in [2.75, 3.05) is 24.6 Å². The first-order chi connectivity index (χ1) is 12.0. The molecule has 4 heterocycles. The van der Waals surface area contributed by atoms with E-state index in [1.54, 1.807) is 0 Å². The minimum Gasteiger partial charge on any atom is -0.432 e. The molecule has 0 amide bonds. The first kappa shape index (κ1) is 16.2. The smallest absolute Gasteiger partial charge is 0.229 e. The molecular weight excluding hydrogens is 320 g/mol. The van der Waals surface area contributed by atoms with E-state index >= 15 is 0 Å². The average molecular weight is 342 g/mol. The summed E-state index contributed by atoms with van der Waals surface area (Å²) >= 11 is 0. The molecular formula is C18H22N4O3. The van der Waals surface area contributed by atoms with Crippen molar-refractivity contribution in [2.45, 2.75) is 39.4 Å². The fraction of sp³-hybridized carbons (Fsp3) is 0.500. The van der Waals surface area contributed by atoms with Crippen LogP contribution >= 0.6 is 0 Å². The van der Waals surface area contributed by atoms with Crippen LogP contribution in [0.1, 0.15) is 32.0 Å². The van der Waals surface area contributed by atoms with E-state index in [-0.39, 0.29) is 12.2 Å². The minimum atomic E-state index is -0.217. The largest absolute Gasteiger partial charge is 0.432 e. The number of hydrogen-bond donors (Lipinski definition) is 1. The van der Waals surface area contributed by atoms with E-state index in [1.807, 2.05) is 11.8 Å². The van der Waals surface area contributed by atoms with Crippen molar-refractivity contribution < 1.29 is 14.3 Å². The Labute approximate surface area is 145 Å². The molecule has 1 aliphatic heterocycles. The van der Waals surface area contributed by atoms with Gasteiger partial charge in [-0.3, -0.25) is 0 Å². The van der Waals surface area contributed by atoms with Gasteiger partial charge in [-0.05, 0) is 26.8 Å². The second kappa shape index (κ2) is 5.93. The summed E-state index contributed by atoms with van der Waals surface area (Å²) < 4.78 is 11.9. The Kier molecular flexibility index (Phi) is 3.85. The normalized spacial score (nSPS) is 16.3. The van der Waals surface area contributed by atoms with Crippen LogP contribution in [0.25, 0.3) is 22.2 Å². The van der Waals surface area contributed by atoms with Crippen molar-refractivity contribution >= 4 is 28.0 Å². The van der Waals surface area contributed by atoms with Crippen LogP contribution < -0.4 is 4.90 Å². The molecule has 132 valence electrons. The van der Waals surface area contributed by atoms with Gasteiger partial charge in [-0.1, -0.05) is 0 Å². The molecule has 0 unspecified atom stereocenters. The maximum absolute atomic E-state index is 9.29. The third-order valence-electron chi connectivity index (χ3n) is 4.66. The highest BCUT2D eigenvalue weighted by molar-refractivity contribution is 6.04. The number of pyridine rings is 1. The van der Waals surface area contributed by atoms with Crippen LogP contribution in [0, 0.1) is 0 Å². The maximum Gasteiger partial charge on any atom is 0.229 e. The number of aromatic nitrogens is 3. The van der Waals surface area contributed by atoms with Crippen LogP contribution in [-0.4, -0.2) is 45.4 Å². The Morgan fingerprint density at radius 3 is 2.92 bits per heavy atom. The van der Waals surface area contributed by atoms with Gasteiger partial charge in [0.15, 0.2) is 11.4 Å². The molecule has 3 aromatic rings. The standard InChI is InChI=1S/C18H22N4O3/c1-4-22(5-6-23)16-15-14(19-10-20-16)12-7-11-9-24-18(2,3)8-13(11)21-17(12)25-15/h7,10,23H,4-6,8-9H2,1-3H3. The number of rotatable bonds is 4. The molecule has 0 atom stereocenters. The molecule has 0 spiro atoms. The van der Waals surface area contributed by atoms with Crippen LogP contribution in [0.3, 0.4) is 0 Å². The molecule has 4 rings (SSSR count).